The highest BCUT2D eigenvalue weighted by Gasteiger charge is 2.39. The van der Waals surface area contributed by atoms with Crippen molar-refractivity contribution >= 4 is 16.0 Å². The van der Waals surface area contributed by atoms with E-state index in [1.807, 2.05) is 13.8 Å². The Hall–Kier alpha value is -1.80. The van der Waals surface area contributed by atoms with E-state index in [1.165, 1.54) is 4.31 Å². The van der Waals surface area contributed by atoms with Crippen LogP contribution in [0.15, 0.2) is 18.2 Å². The monoisotopic (exact) mass is 385 g/mol. The fourth-order valence-electron chi connectivity index (χ4n) is 3.02. The van der Waals surface area contributed by atoms with Gasteiger partial charge in [-0.2, -0.15) is 4.31 Å². The third kappa shape index (κ3) is 4.88. The summed E-state index contributed by atoms with van der Waals surface area (Å²) in [5, 5.41) is 8.68. The topological polar surface area (TPSA) is 93.1 Å². The molecule has 26 heavy (non-hydrogen) atoms. The molecule has 1 unspecified atom stereocenters. The first-order chi connectivity index (χ1) is 12.1. The molecule has 146 valence electrons. The highest BCUT2D eigenvalue weighted by molar-refractivity contribution is 7.89. The average Bonchev–Trinajstić information content (AvgIpc) is 2.56. The van der Waals surface area contributed by atoms with Gasteiger partial charge in [0.05, 0.1) is 18.4 Å². The van der Waals surface area contributed by atoms with Crippen molar-refractivity contribution in [2.75, 3.05) is 19.4 Å². The molecule has 0 saturated heterocycles. The van der Waals surface area contributed by atoms with Gasteiger partial charge in [-0.15, -0.1) is 0 Å². The molecule has 0 radical (unpaired) electrons. The van der Waals surface area contributed by atoms with Crippen molar-refractivity contribution in [3.63, 3.8) is 0 Å². The van der Waals surface area contributed by atoms with Crippen LogP contribution in [0.5, 0.6) is 11.5 Å². The number of hydrogen-bond donors (Lipinski definition) is 1. The number of benzene rings is 1. The molecule has 0 aliphatic carbocycles. The maximum absolute atomic E-state index is 12.4. The highest BCUT2D eigenvalue weighted by atomic mass is 32.2. The minimum atomic E-state index is -3.36. The van der Waals surface area contributed by atoms with Crippen LogP contribution in [0.2, 0.25) is 0 Å². The van der Waals surface area contributed by atoms with Gasteiger partial charge >= 0.3 is 5.97 Å². The van der Waals surface area contributed by atoms with Gasteiger partial charge in [0.15, 0.2) is 0 Å². The lowest BCUT2D eigenvalue weighted by atomic mass is 9.89. The number of fused-ring (bicyclic) bond motifs is 1. The third-order valence-corrected chi connectivity index (χ3v) is 6.32. The smallest absolute Gasteiger partial charge is 0.303 e. The summed E-state index contributed by atoms with van der Waals surface area (Å²) in [7, 11) is -1.77. The zero-order chi connectivity index (χ0) is 19.5. The van der Waals surface area contributed by atoms with E-state index in [2.05, 4.69) is 0 Å². The number of rotatable bonds is 8. The van der Waals surface area contributed by atoms with Crippen molar-refractivity contribution in [1.82, 2.24) is 4.31 Å². The van der Waals surface area contributed by atoms with Crippen LogP contribution in [0, 0.1) is 0 Å². The van der Waals surface area contributed by atoms with Crippen LogP contribution in [0.1, 0.15) is 51.6 Å². The van der Waals surface area contributed by atoms with Crippen LogP contribution in [0.3, 0.4) is 0 Å². The van der Waals surface area contributed by atoms with Crippen LogP contribution in [0.4, 0.5) is 0 Å². The first-order valence-corrected chi connectivity index (χ1v) is 10.3. The lowest BCUT2D eigenvalue weighted by Crippen LogP contribution is -2.42. The Kier molecular flexibility index (Phi) is 6.18. The Labute approximate surface area is 155 Å². The molecule has 0 amide bonds. The van der Waals surface area contributed by atoms with Gasteiger partial charge in [-0.05, 0) is 45.4 Å². The van der Waals surface area contributed by atoms with Crippen molar-refractivity contribution in [3.05, 3.63) is 23.8 Å². The lowest BCUT2D eigenvalue weighted by Gasteiger charge is -2.40. The Morgan fingerprint density at radius 2 is 2.12 bits per heavy atom. The fraction of sp³-hybridized carbons (Fsp3) is 0.611. The van der Waals surface area contributed by atoms with Gasteiger partial charge in [-0.3, -0.25) is 4.79 Å². The molecule has 0 fully saturated rings. The van der Waals surface area contributed by atoms with Gasteiger partial charge in [0.2, 0.25) is 10.0 Å². The van der Waals surface area contributed by atoms with Crippen molar-refractivity contribution < 1.29 is 27.8 Å². The zero-order valence-electron chi connectivity index (χ0n) is 15.7. The SMILES string of the molecule is CCS(=O)(=O)N(C)C1CC(C)(C)Oc2ccc(OCCCC(=O)O)cc21. The summed E-state index contributed by atoms with van der Waals surface area (Å²) in [6, 6.07) is 4.98. The number of carboxylic acid groups (broad SMARTS) is 1. The predicted molar refractivity (Wildman–Crippen MR) is 98.1 cm³/mol. The van der Waals surface area contributed by atoms with Crippen molar-refractivity contribution in [3.8, 4) is 11.5 Å². The van der Waals surface area contributed by atoms with E-state index < -0.39 is 21.6 Å². The normalized spacial score (nSPS) is 18.9. The number of aliphatic carboxylic acids is 1. The Morgan fingerprint density at radius 3 is 2.73 bits per heavy atom. The summed E-state index contributed by atoms with van der Waals surface area (Å²) in [5.74, 6) is 0.385. The van der Waals surface area contributed by atoms with Gasteiger partial charge in [0, 0.05) is 25.5 Å². The second-order valence-electron chi connectivity index (χ2n) is 7.04. The van der Waals surface area contributed by atoms with Crippen LogP contribution in [-0.2, 0) is 14.8 Å². The maximum atomic E-state index is 12.4. The minimum absolute atomic E-state index is 0.0298. The zero-order valence-corrected chi connectivity index (χ0v) is 16.5. The standard InChI is InChI=1S/C18H27NO6S/c1-5-26(22,23)19(4)15-12-18(2,3)25-16-9-8-13(11-14(15)16)24-10-6-7-17(20)21/h8-9,11,15H,5-7,10,12H2,1-4H3,(H,20,21). The molecule has 1 N–H and O–H groups in total. The summed E-state index contributed by atoms with van der Waals surface area (Å²) in [6.45, 7) is 5.78. The van der Waals surface area contributed by atoms with E-state index >= 15 is 0 Å². The molecule has 7 nitrogen and oxygen atoms in total. The van der Waals surface area contributed by atoms with Crippen LogP contribution in [0.25, 0.3) is 0 Å². The molecule has 1 heterocycles. The molecular weight excluding hydrogens is 358 g/mol. The fourth-order valence-corrected chi connectivity index (χ4v) is 4.00. The molecule has 1 aliphatic rings. The summed E-state index contributed by atoms with van der Waals surface area (Å²) >= 11 is 0. The van der Waals surface area contributed by atoms with Gasteiger partial charge < -0.3 is 14.6 Å². The van der Waals surface area contributed by atoms with E-state index in [-0.39, 0.29) is 24.8 Å². The van der Waals surface area contributed by atoms with Crippen LogP contribution >= 0.6 is 0 Å². The van der Waals surface area contributed by atoms with Gasteiger partial charge in [0.1, 0.15) is 17.1 Å². The predicted octanol–water partition coefficient (Wildman–Crippen LogP) is 2.81. The first-order valence-electron chi connectivity index (χ1n) is 8.69. The summed E-state index contributed by atoms with van der Waals surface area (Å²) in [5.41, 5.74) is 0.276. The molecule has 0 bridgehead atoms. The molecular formula is C18H27NO6S. The number of ether oxygens (including phenoxy) is 2. The van der Waals surface area contributed by atoms with E-state index in [0.717, 1.165) is 5.56 Å². The number of carboxylic acids is 1. The molecule has 0 spiro atoms. The maximum Gasteiger partial charge on any atom is 0.303 e. The molecule has 0 aromatic heterocycles. The number of nitrogens with zero attached hydrogens (tertiary/aromatic N) is 1. The highest BCUT2D eigenvalue weighted by Crippen LogP contribution is 2.44. The first kappa shape index (κ1) is 20.5. The van der Waals surface area contributed by atoms with E-state index in [4.69, 9.17) is 14.6 Å². The van der Waals surface area contributed by atoms with Crippen LogP contribution in [-0.4, -0.2) is 48.8 Å². The molecule has 1 aromatic rings. The van der Waals surface area contributed by atoms with Gasteiger partial charge in [-0.25, -0.2) is 8.42 Å². The number of hydrogen-bond acceptors (Lipinski definition) is 5. The van der Waals surface area contributed by atoms with Crippen molar-refractivity contribution in [1.29, 1.82) is 0 Å². The van der Waals surface area contributed by atoms with Gasteiger partial charge in [0.25, 0.3) is 0 Å². The second-order valence-corrected chi connectivity index (χ2v) is 9.36. The van der Waals surface area contributed by atoms with Crippen LogP contribution < -0.4 is 9.47 Å². The molecule has 8 heteroatoms. The second kappa shape index (κ2) is 7.84. The number of carbonyl (C=O) groups is 1. The Morgan fingerprint density at radius 1 is 1.42 bits per heavy atom. The minimum Gasteiger partial charge on any atom is -0.494 e. The summed E-state index contributed by atoms with van der Waals surface area (Å²) in [4.78, 5) is 10.6. The third-order valence-electron chi connectivity index (χ3n) is 4.46. The molecule has 1 aromatic carbocycles. The van der Waals surface area contributed by atoms with E-state index in [0.29, 0.717) is 24.3 Å². The number of sulfonamides is 1. The summed E-state index contributed by atoms with van der Waals surface area (Å²) in [6.07, 6.45) is 0.976. The Balaban J connectivity index is 2.27. The van der Waals surface area contributed by atoms with Crippen molar-refractivity contribution in [2.24, 2.45) is 0 Å². The largest absolute Gasteiger partial charge is 0.494 e. The quantitative estimate of drug-likeness (QED) is 0.692. The average molecular weight is 385 g/mol. The molecule has 1 atom stereocenters. The van der Waals surface area contributed by atoms with Gasteiger partial charge in [-0.1, -0.05) is 0 Å². The van der Waals surface area contributed by atoms with Crippen molar-refractivity contribution in [2.45, 2.75) is 51.7 Å². The van der Waals surface area contributed by atoms with E-state index in [9.17, 15) is 13.2 Å². The molecule has 2 rings (SSSR count). The Bertz CT molecular complexity index is 759. The molecule has 1 aliphatic heterocycles. The van der Waals surface area contributed by atoms with E-state index in [1.54, 1.807) is 32.2 Å². The summed E-state index contributed by atoms with van der Waals surface area (Å²) < 4.78 is 37.8. The lowest BCUT2D eigenvalue weighted by molar-refractivity contribution is -0.137. The molecule has 0 saturated carbocycles.